The molecule has 1 aromatic rings. The maximum absolute atomic E-state index is 10.4. The van der Waals surface area contributed by atoms with Gasteiger partial charge in [0.05, 0.1) is 12.6 Å². The van der Waals surface area contributed by atoms with Crippen LogP contribution in [0, 0.1) is 0 Å². The normalized spacial score (nSPS) is 19.7. The largest absolute Gasteiger partial charge is 0.397 e. The molecule has 1 aliphatic rings. The average Bonchev–Trinajstić information content (AvgIpc) is 2.56. The molecule has 2 rings (SSSR count). The molecule has 6 heteroatoms. The van der Waals surface area contributed by atoms with Gasteiger partial charge in [0.15, 0.2) is 0 Å². The Morgan fingerprint density at radius 2 is 2.20 bits per heavy atom. The zero-order valence-corrected chi connectivity index (χ0v) is 8.70. The second kappa shape index (κ2) is 3.80. The Kier molecular flexibility index (Phi) is 2.64. The molecule has 0 radical (unpaired) electrons. The summed E-state index contributed by atoms with van der Waals surface area (Å²) < 4.78 is 33.5. The molecule has 1 heterocycles. The zero-order valence-electron chi connectivity index (χ0n) is 7.88. The number of rotatable bonds is 3. The summed E-state index contributed by atoms with van der Waals surface area (Å²) in [7, 11) is -4.34. The monoisotopic (exact) mass is 229 g/mol. The third-order valence-corrected chi connectivity index (χ3v) is 2.70. The lowest BCUT2D eigenvalue weighted by atomic mass is 10.1. The Labute approximate surface area is 88.0 Å². The summed E-state index contributed by atoms with van der Waals surface area (Å²) in [6.07, 6.45) is 0.700. The van der Waals surface area contributed by atoms with E-state index in [1.807, 2.05) is 24.3 Å². The number of hydrogen-bond acceptors (Lipinski definition) is 4. The smallest absolute Gasteiger partial charge is 0.379 e. The summed E-state index contributed by atoms with van der Waals surface area (Å²) in [4.78, 5) is 0. The van der Waals surface area contributed by atoms with Crippen molar-refractivity contribution in [2.75, 3.05) is 11.9 Å². The molecule has 0 aromatic heterocycles. The first-order valence-electron chi connectivity index (χ1n) is 4.51. The van der Waals surface area contributed by atoms with Crippen molar-refractivity contribution in [3.05, 3.63) is 29.8 Å². The van der Waals surface area contributed by atoms with Crippen LogP contribution in [0.15, 0.2) is 24.3 Å². The number of nitrogens with one attached hydrogen (secondary N) is 1. The molecule has 1 aliphatic heterocycles. The topological polar surface area (TPSA) is 75.6 Å². The highest BCUT2D eigenvalue weighted by atomic mass is 32.3. The predicted octanol–water partition coefficient (Wildman–Crippen LogP) is 0.843. The molecule has 82 valence electrons. The van der Waals surface area contributed by atoms with Crippen molar-refractivity contribution in [1.29, 1.82) is 0 Å². The number of para-hydroxylation sites is 1. The van der Waals surface area contributed by atoms with E-state index in [1.54, 1.807) is 0 Å². The van der Waals surface area contributed by atoms with Crippen molar-refractivity contribution >= 4 is 16.1 Å². The fraction of sp³-hybridized carbons (Fsp3) is 0.333. The lowest BCUT2D eigenvalue weighted by Crippen LogP contribution is -2.24. The minimum Gasteiger partial charge on any atom is -0.379 e. The highest BCUT2D eigenvalue weighted by Gasteiger charge is 2.21. The highest BCUT2D eigenvalue weighted by molar-refractivity contribution is 7.80. The van der Waals surface area contributed by atoms with E-state index in [0.29, 0.717) is 6.42 Å². The van der Waals surface area contributed by atoms with Crippen LogP contribution in [0.3, 0.4) is 0 Å². The summed E-state index contributed by atoms with van der Waals surface area (Å²) in [6, 6.07) is 7.60. The van der Waals surface area contributed by atoms with Crippen LogP contribution in [0.5, 0.6) is 0 Å². The molecule has 1 aromatic carbocycles. The van der Waals surface area contributed by atoms with Gasteiger partial charge in [-0.15, -0.1) is 0 Å². The van der Waals surface area contributed by atoms with Gasteiger partial charge < -0.3 is 5.32 Å². The van der Waals surface area contributed by atoms with Gasteiger partial charge >= 0.3 is 10.4 Å². The van der Waals surface area contributed by atoms with Gasteiger partial charge in [-0.1, -0.05) is 18.2 Å². The Balaban J connectivity index is 1.96. The summed E-state index contributed by atoms with van der Waals surface area (Å²) >= 11 is 0. The van der Waals surface area contributed by atoms with Crippen molar-refractivity contribution in [3.63, 3.8) is 0 Å². The number of hydrogen-bond donors (Lipinski definition) is 2. The van der Waals surface area contributed by atoms with Gasteiger partial charge in [-0.2, -0.15) is 8.42 Å². The van der Waals surface area contributed by atoms with Crippen molar-refractivity contribution in [3.8, 4) is 0 Å². The predicted molar refractivity (Wildman–Crippen MR) is 55.1 cm³/mol. The molecule has 2 N–H and O–H groups in total. The molecule has 1 unspecified atom stereocenters. The van der Waals surface area contributed by atoms with Gasteiger partial charge in [0, 0.05) is 5.69 Å². The number of anilines is 1. The van der Waals surface area contributed by atoms with E-state index in [0.717, 1.165) is 11.3 Å². The fourth-order valence-electron chi connectivity index (χ4n) is 1.64. The Hall–Kier alpha value is -1.11. The molecule has 0 fully saturated rings. The van der Waals surface area contributed by atoms with Gasteiger partial charge in [-0.25, -0.2) is 4.18 Å². The standard InChI is InChI=1S/C9H11NO4S/c11-15(12,13)14-6-8-5-7-3-1-2-4-9(7)10-8/h1-4,8,10H,5-6H2,(H,11,12,13). The van der Waals surface area contributed by atoms with Crippen LogP contribution in [0.2, 0.25) is 0 Å². The zero-order chi connectivity index (χ0) is 10.9. The first kappa shape index (κ1) is 10.4. The fourth-order valence-corrected chi connectivity index (χ4v) is 1.98. The Morgan fingerprint density at radius 1 is 1.47 bits per heavy atom. The second-order valence-electron chi connectivity index (χ2n) is 3.41. The summed E-state index contributed by atoms with van der Waals surface area (Å²) in [6.45, 7) is -0.0620. The van der Waals surface area contributed by atoms with Crippen LogP contribution in [0.25, 0.3) is 0 Å². The van der Waals surface area contributed by atoms with E-state index >= 15 is 0 Å². The van der Waals surface area contributed by atoms with E-state index in [-0.39, 0.29) is 12.6 Å². The van der Waals surface area contributed by atoms with Crippen molar-refractivity contribution in [2.45, 2.75) is 12.5 Å². The maximum Gasteiger partial charge on any atom is 0.397 e. The third-order valence-electron chi connectivity index (χ3n) is 2.26. The summed E-state index contributed by atoms with van der Waals surface area (Å²) in [5.74, 6) is 0. The minimum absolute atomic E-state index is 0.0620. The van der Waals surface area contributed by atoms with Gasteiger partial charge in [0.25, 0.3) is 0 Å². The molecule has 0 saturated heterocycles. The molecule has 0 amide bonds. The van der Waals surface area contributed by atoms with Gasteiger partial charge in [-0.05, 0) is 18.1 Å². The first-order chi connectivity index (χ1) is 7.04. The van der Waals surface area contributed by atoms with Crippen LogP contribution in [0.4, 0.5) is 5.69 Å². The van der Waals surface area contributed by atoms with E-state index < -0.39 is 10.4 Å². The van der Waals surface area contributed by atoms with Gasteiger partial charge in [0.1, 0.15) is 0 Å². The third kappa shape index (κ3) is 2.68. The molecule has 0 spiro atoms. The number of benzene rings is 1. The van der Waals surface area contributed by atoms with E-state index in [1.165, 1.54) is 0 Å². The lowest BCUT2D eigenvalue weighted by molar-refractivity contribution is 0.257. The quantitative estimate of drug-likeness (QED) is 0.751. The molecule has 5 nitrogen and oxygen atoms in total. The maximum atomic E-state index is 10.4. The Bertz CT molecular complexity index is 432. The van der Waals surface area contributed by atoms with Crippen LogP contribution in [-0.4, -0.2) is 25.6 Å². The van der Waals surface area contributed by atoms with Crippen LogP contribution >= 0.6 is 0 Å². The molecular formula is C9H11NO4S. The molecule has 0 saturated carbocycles. The SMILES string of the molecule is O=S(=O)(O)OCC1Cc2ccccc2N1. The van der Waals surface area contributed by atoms with Crippen LogP contribution < -0.4 is 5.32 Å². The first-order valence-corrected chi connectivity index (χ1v) is 5.87. The molecule has 0 aliphatic carbocycles. The lowest BCUT2D eigenvalue weighted by Gasteiger charge is -2.09. The van der Waals surface area contributed by atoms with Crippen molar-refractivity contribution < 1.29 is 17.2 Å². The highest BCUT2D eigenvalue weighted by Crippen LogP contribution is 2.25. The molecule has 15 heavy (non-hydrogen) atoms. The van der Waals surface area contributed by atoms with Crippen LogP contribution in [0.1, 0.15) is 5.56 Å². The van der Waals surface area contributed by atoms with E-state index in [2.05, 4.69) is 9.50 Å². The second-order valence-corrected chi connectivity index (χ2v) is 4.51. The minimum atomic E-state index is -4.34. The average molecular weight is 229 g/mol. The molecule has 1 atom stereocenters. The van der Waals surface area contributed by atoms with Crippen molar-refractivity contribution in [2.24, 2.45) is 0 Å². The van der Waals surface area contributed by atoms with Gasteiger partial charge in [0.2, 0.25) is 0 Å². The van der Waals surface area contributed by atoms with Crippen molar-refractivity contribution in [1.82, 2.24) is 0 Å². The van der Waals surface area contributed by atoms with Crippen LogP contribution in [-0.2, 0) is 21.0 Å². The summed E-state index contributed by atoms with van der Waals surface area (Å²) in [5, 5.41) is 3.11. The number of fused-ring (bicyclic) bond motifs is 1. The van der Waals surface area contributed by atoms with E-state index in [9.17, 15) is 8.42 Å². The Morgan fingerprint density at radius 3 is 2.87 bits per heavy atom. The van der Waals surface area contributed by atoms with Gasteiger partial charge in [-0.3, -0.25) is 4.55 Å². The summed E-state index contributed by atoms with van der Waals surface area (Å²) in [5.41, 5.74) is 2.11. The molecular weight excluding hydrogens is 218 g/mol. The molecule has 0 bridgehead atoms. The van der Waals surface area contributed by atoms with E-state index in [4.69, 9.17) is 4.55 Å².